The van der Waals surface area contributed by atoms with Crippen molar-refractivity contribution in [2.45, 2.75) is 37.1 Å². The summed E-state index contributed by atoms with van der Waals surface area (Å²) in [4.78, 5) is 1.02. The third-order valence-electron chi connectivity index (χ3n) is 3.84. The molecular weight excluding hydrogens is 340 g/mol. The van der Waals surface area contributed by atoms with Crippen molar-refractivity contribution in [2.75, 3.05) is 6.61 Å². The molecule has 0 unspecified atom stereocenters. The van der Waals surface area contributed by atoms with Crippen LogP contribution in [0.15, 0.2) is 24.3 Å². The van der Waals surface area contributed by atoms with Gasteiger partial charge in [0.2, 0.25) is 0 Å². The van der Waals surface area contributed by atoms with Gasteiger partial charge in [0.25, 0.3) is 0 Å². The van der Waals surface area contributed by atoms with Crippen molar-refractivity contribution in [2.24, 2.45) is 0 Å². The van der Waals surface area contributed by atoms with Crippen molar-refractivity contribution in [1.82, 2.24) is 20.2 Å². The molecule has 0 radical (unpaired) electrons. The minimum atomic E-state index is -1.49. The Labute approximate surface area is 142 Å². The number of ether oxygens (including phenoxy) is 1. The maximum Gasteiger partial charge on any atom is 0.199 e. The third-order valence-corrected chi connectivity index (χ3v) is 4.09. The van der Waals surface area contributed by atoms with E-state index in [2.05, 4.69) is 15.4 Å². The number of hydrogen-bond acceptors (Lipinski definition) is 8. The van der Waals surface area contributed by atoms with Crippen molar-refractivity contribution in [1.29, 1.82) is 0 Å². The fourth-order valence-electron chi connectivity index (χ4n) is 2.49. The second-order valence-corrected chi connectivity index (χ2v) is 5.99. The minimum Gasteiger partial charge on any atom is -0.394 e. The van der Waals surface area contributed by atoms with Crippen LogP contribution in [0.25, 0.3) is 0 Å². The second kappa shape index (κ2) is 7.09. The zero-order valence-corrected chi connectivity index (χ0v) is 13.2. The quantitative estimate of drug-likeness (QED) is 0.542. The zero-order chi connectivity index (χ0) is 17.3. The lowest BCUT2D eigenvalue weighted by Gasteiger charge is -2.38. The molecule has 9 nitrogen and oxygen atoms in total. The number of nitrogens with zero attached hydrogens (tertiary/aromatic N) is 4. The SMILES string of the molecule is OC[C@H]1O[C@@H](n2nnc(Cc3ccc(Cl)cc3)n2)[C@H](O)[C@@H](O)[C@@H]1O. The summed E-state index contributed by atoms with van der Waals surface area (Å²) < 4.78 is 5.37. The largest absolute Gasteiger partial charge is 0.394 e. The zero-order valence-electron chi connectivity index (χ0n) is 12.5. The highest BCUT2D eigenvalue weighted by Crippen LogP contribution is 2.27. The Hall–Kier alpha value is -1.62. The average molecular weight is 357 g/mol. The van der Waals surface area contributed by atoms with Crippen LogP contribution in [-0.2, 0) is 11.2 Å². The first-order valence-electron chi connectivity index (χ1n) is 7.33. The average Bonchev–Trinajstić information content (AvgIpc) is 3.03. The topological polar surface area (TPSA) is 134 Å². The van der Waals surface area contributed by atoms with Crippen LogP contribution in [-0.4, -0.2) is 71.7 Å². The van der Waals surface area contributed by atoms with Gasteiger partial charge >= 0.3 is 0 Å². The Balaban J connectivity index is 1.75. The van der Waals surface area contributed by atoms with E-state index in [0.29, 0.717) is 17.3 Å². The maximum absolute atomic E-state index is 10.0. The lowest BCUT2D eigenvalue weighted by atomic mass is 9.99. The predicted molar refractivity (Wildman–Crippen MR) is 81.1 cm³/mol. The van der Waals surface area contributed by atoms with Gasteiger partial charge in [0.1, 0.15) is 24.4 Å². The number of aromatic nitrogens is 4. The molecule has 0 bridgehead atoms. The van der Waals surface area contributed by atoms with E-state index in [0.717, 1.165) is 10.4 Å². The lowest BCUT2D eigenvalue weighted by molar-refractivity contribution is -0.257. The standard InChI is InChI=1S/C14H17ClN4O5/c15-8-3-1-7(2-4-8)5-10-16-18-19(17-10)14-13(23)12(22)11(21)9(6-20)24-14/h1-4,9,11-14,20-23H,5-6H2/t9-,11-,12+,13-,14-/m1/s1. The molecule has 10 heteroatoms. The van der Waals surface area contributed by atoms with Gasteiger partial charge < -0.3 is 25.2 Å². The molecule has 1 fully saturated rings. The Morgan fingerprint density at radius 3 is 2.46 bits per heavy atom. The van der Waals surface area contributed by atoms with E-state index in [9.17, 15) is 20.4 Å². The molecule has 4 N–H and O–H groups in total. The predicted octanol–water partition coefficient (Wildman–Crippen LogP) is -1.11. The van der Waals surface area contributed by atoms with Gasteiger partial charge in [-0.1, -0.05) is 23.7 Å². The summed E-state index contributed by atoms with van der Waals surface area (Å²) in [5.41, 5.74) is 0.924. The highest BCUT2D eigenvalue weighted by Gasteiger charge is 2.45. The molecule has 2 aromatic rings. The van der Waals surface area contributed by atoms with Crippen molar-refractivity contribution < 1.29 is 25.2 Å². The molecule has 24 heavy (non-hydrogen) atoms. The molecular formula is C14H17ClN4O5. The molecule has 0 amide bonds. The van der Waals surface area contributed by atoms with E-state index < -0.39 is 37.3 Å². The van der Waals surface area contributed by atoms with E-state index in [1.165, 1.54) is 0 Å². The van der Waals surface area contributed by atoms with E-state index in [1.807, 2.05) is 12.1 Å². The van der Waals surface area contributed by atoms with Gasteiger partial charge in [0.05, 0.1) is 6.61 Å². The van der Waals surface area contributed by atoms with E-state index in [1.54, 1.807) is 12.1 Å². The van der Waals surface area contributed by atoms with Crippen LogP contribution in [0.5, 0.6) is 0 Å². The molecule has 1 aromatic heterocycles. The maximum atomic E-state index is 10.0. The Morgan fingerprint density at radius 1 is 1.08 bits per heavy atom. The molecule has 0 aliphatic carbocycles. The van der Waals surface area contributed by atoms with Crippen molar-refractivity contribution in [3.8, 4) is 0 Å². The first-order valence-corrected chi connectivity index (χ1v) is 7.70. The van der Waals surface area contributed by atoms with E-state index >= 15 is 0 Å². The summed E-state index contributed by atoms with van der Waals surface area (Å²) in [6.45, 7) is -0.520. The molecule has 1 aromatic carbocycles. The molecule has 5 atom stereocenters. The summed E-state index contributed by atoms with van der Waals surface area (Å²) in [6, 6.07) is 7.16. The van der Waals surface area contributed by atoms with Gasteiger partial charge in [0.15, 0.2) is 12.1 Å². The Bertz CT molecular complexity index is 680. The summed E-state index contributed by atoms with van der Waals surface area (Å²) >= 11 is 5.83. The molecule has 0 spiro atoms. The summed E-state index contributed by atoms with van der Waals surface area (Å²) in [6.07, 6.45) is -6.18. The van der Waals surface area contributed by atoms with Crippen molar-refractivity contribution >= 4 is 11.6 Å². The highest BCUT2D eigenvalue weighted by atomic mass is 35.5. The molecule has 1 aliphatic rings. The molecule has 2 heterocycles. The number of halogens is 1. The van der Waals surface area contributed by atoms with Crippen molar-refractivity contribution in [3.05, 3.63) is 40.7 Å². The van der Waals surface area contributed by atoms with Crippen LogP contribution < -0.4 is 0 Å². The van der Waals surface area contributed by atoms with Crippen LogP contribution in [0.1, 0.15) is 17.6 Å². The molecule has 3 rings (SSSR count). The first-order chi connectivity index (χ1) is 11.5. The fraction of sp³-hybridized carbons (Fsp3) is 0.500. The summed E-state index contributed by atoms with van der Waals surface area (Å²) in [7, 11) is 0. The van der Waals surface area contributed by atoms with Crippen LogP contribution >= 0.6 is 11.6 Å². The molecule has 130 valence electrons. The van der Waals surface area contributed by atoms with Gasteiger partial charge in [0, 0.05) is 11.4 Å². The van der Waals surface area contributed by atoms with Crippen LogP contribution in [0.4, 0.5) is 0 Å². The fourth-order valence-corrected chi connectivity index (χ4v) is 2.62. The highest BCUT2D eigenvalue weighted by molar-refractivity contribution is 6.30. The number of rotatable bonds is 4. The van der Waals surface area contributed by atoms with Crippen LogP contribution in [0.2, 0.25) is 5.02 Å². The van der Waals surface area contributed by atoms with Crippen LogP contribution in [0.3, 0.4) is 0 Å². The van der Waals surface area contributed by atoms with Gasteiger partial charge in [-0.05, 0) is 22.9 Å². The Morgan fingerprint density at radius 2 is 1.79 bits per heavy atom. The summed E-state index contributed by atoms with van der Waals surface area (Å²) in [5.74, 6) is 0.384. The normalized spacial score (nSPS) is 30.5. The smallest absolute Gasteiger partial charge is 0.199 e. The van der Waals surface area contributed by atoms with E-state index in [-0.39, 0.29) is 0 Å². The number of hydrogen-bond donors (Lipinski definition) is 4. The van der Waals surface area contributed by atoms with Gasteiger partial charge in [-0.15, -0.1) is 15.0 Å². The van der Waals surface area contributed by atoms with E-state index in [4.69, 9.17) is 16.3 Å². The minimum absolute atomic E-state index is 0.384. The molecule has 0 saturated carbocycles. The second-order valence-electron chi connectivity index (χ2n) is 5.55. The molecule has 1 saturated heterocycles. The van der Waals surface area contributed by atoms with Crippen LogP contribution in [0, 0.1) is 0 Å². The van der Waals surface area contributed by atoms with Gasteiger partial charge in [-0.2, -0.15) is 0 Å². The monoisotopic (exact) mass is 356 g/mol. The summed E-state index contributed by atoms with van der Waals surface area (Å²) in [5, 5.41) is 51.3. The number of aliphatic hydroxyl groups is 4. The first kappa shape index (κ1) is 17.2. The molecule has 1 aliphatic heterocycles. The van der Waals surface area contributed by atoms with Crippen molar-refractivity contribution in [3.63, 3.8) is 0 Å². The number of tetrazole rings is 1. The number of benzene rings is 1. The van der Waals surface area contributed by atoms with Gasteiger partial charge in [-0.25, -0.2) is 0 Å². The third kappa shape index (κ3) is 3.41. The lowest BCUT2D eigenvalue weighted by Crippen LogP contribution is -2.56. The van der Waals surface area contributed by atoms with Gasteiger partial charge in [-0.3, -0.25) is 0 Å². The Kier molecular flexibility index (Phi) is 5.09. The number of aliphatic hydroxyl groups excluding tert-OH is 4.